The predicted octanol–water partition coefficient (Wildman–Crippen LogP) is 2.78. The first kappa shape index (κ1) is 13.0. The average molecular weight is 331 g/mol. The van der Waals surface area contributed by atoms with Crippen LogP contribution in [0, 0.1) is 5.82 Å². The molecule has 1 N–H and O–H groups in total. The van der Waals surface area contributed by atoms with E-state index in [0.717, 1.165) is 12.1 Å². The fourth-order valence-corrected chi connectivity index (χ4v) is 2.78. The summed E-state index contributed by atoms with van der Waals surface area (Å²) < 4.78 is 39.5. The maximum absolute atomic E-state index is 12.7. The van der Waals surface area contributed by atoms with Gasteiger partial charge in [0, 0.05) is 6.20 Å². The molecule has 2 aromatic rings. The van der Waals surface area contributed by atoms with Crippen LogP contribution >= 0.6 is 15.9 Å². The van der Waals surface area contributed by atoms with Crippen molar-refractivity contribution in [3.8, 4) is 0 Å². The predicted molar refractivity (Wildman–Crippen MR) is 69.1 cm³/mol. The zero-order valence-corrected chi connectivity index (χ0v) is 11.4. The molecule has 0 unspecified atom stereocenters. The smallest absolute Gasteiger partial charge is 0.262 e. The Kier molecular flexibility index (Phi) is 3.63. The summed E-state index contributed by atoms with van der Waals surface area (Å²) in [7, 11) is -3.76. The summed E-state index contributed by atoms with van der Waals surface area (Å²) in [5.41, 5.74) is 0. The molecule has 0 atom stereocenters. The number of hydrogen-bond donors (Lipinski definition) is 1. The summed E-state index contributed by atoms with van der Waals surface area (Å²) in [4.78, 5) is 3.87. The first-order valence-corrected chi connectivity index (χ1v) is 7.15. The highest BCUT2D eigenvalue weighted by Gasteiger charge is 2.15. The van der Waals surface area contributed by atoms with Crippen LogP contribution in [0.3, 0.4) is 0 Å². The molecular weight excluding hydrogens is 323 g/mol. The van der Waals surface area contributed by atoms with Gasteiger partial charge in [0.05, 0.1) is 9.37 Å². The van der Waals surface area contributed by atoms with Gasteiger partial charge >= 0.3 is 0 Å². The molecule has 94 valence electrons. The Bertz CT molecular complexity index is 659. The Morgan fingerprint density at radius 3 is 2.44 bits per heavy atom. The summed E-state index contributed by atoms with van der Waals surface area (Å²) in [6, 6.07) is 7.88. The minimum atomic E-state index is -3.76. The fraction of sp³-hybridized carbons (Fsp3) is 0. The van der Waals surface area contributed by atoms with Crippen molar-refractivity contribution in [3.05, 3.63) is 52.9 Å². The van der Waals surface area contributed by atoms with E-state index in [1.165, 1.54) is 18.3 Å². The second kappa shape index (κ2) is 5.03. The highest BCUT2D eigenvalue weighted by Crippen LogP contribution is 2.22. The normalized spacial score (nSPS) is 11.2. The lowest BCUT2D eigenvalue weighted by atomic mass is 10.4. The molecular formula is C11H8BrFN2O2S. The molecule has 0 radical (unpaired) electrons. The number of anilines is 1. The number of sulfonamides is 1. The second-order valence-electron chi connectivity index (χ2n) is 3.39. The van der Waals surface area contributed by atoms with E-state index >= 15 is 0 Å². The number of benzene rings is 1. The van der Waals surface area contributed by atoms with Gasteiger partial charge in [-0.25, -0.2) is 17.8 Å². The third kappa shape index (κ3) is 2.85. The Balaban J connectivity index is 2.33. The maximum atomic E-state index is 12.7. The van der Waals surface area contributed by atoms with Gasteiger partial charge in [0.2, 0.25) is 0 Å². The van der Waals surface area contributed by atoms with Crippen molar-refractivity contribution in [1.82, 2.24) is 4.98 Å². The highest BCUT2D eigenvalue weighted by atomic mass is 79.9. The van der Waals surface area contributed by atoms with Crippen LogP contribution in [0.1, 0.15) is 0 Å². The minimum absolute atomic E-state index is 0.0264. The number of nitrogens with one attached hydrogen (secondary N) is 1. The van der Waals surface area contributed by atoms with Crippen LogP contribution < -0.4 is 4.72 Å². The number of aromatic nitrogens is 1. The van der Waals surface area contributed by atoms with Crippen LogP contribution in [0.2, 0.25) is 0 Å². The molecule has 0 aliphatic heterocycles. The van der Waals surface area contributed by atoms with Crippen molar-refractivity contribution in [2.24, 2.45) is 0 Å². The summed E-state index contributed by atoms with van der Waals surface area (Å²) in [6.07, 6.45) is 1.47. The lowest BCUT2D eigenvalue weighted by molar-refractivity contribution is 0.599. The van der Waals surface area contributed by atoms with Crippen molar-refractivity contribution in [3.63, 3.8) is 0 Å². The van der Waals surface area contributed by atoms with Crippen molar-refractivity contribution < 1.29 is 12.8 Å². The molecule has 0 bridgehead atoms. The molecule has 0 saturated heterocycles. The minimum Gasteiger partial charge on any atom is -0.262 e. The number of rotatable bonds is 3. The van der Waals surface area contributed by atoms with Crippen molar-refractivity contribution in [2.45, 2.75) is 4.90 Å². The molecule has 4 nitrogen and oxygen atoms in total. The van der Waals surface area contributed by atoms with Gasteiger partial charge in [0.15, 0.2) is 5.82 Å². The molecule has 2 rings (SSSR count). The molecule has 0 aliphatic rings. The molecule has 0 amide bonds. The number of nitrogens with zero attached hydrogens (tertiary/aromatic N) is 1. The molecule has 0 fully saturated rings. The van der Waals surface area contributed by atoms with Crippen LogP contribution in [0.15, 0.2) is 52.0 Å². The molecule has 0 spiro atoms. The van der Waals surface area contributed by atoms with Gasteiger partial charge < -0.3 is 0 Å². The monoisotopic (exact) mass is 330 g/mol. The number of pyridine rings is 1. The van der Waals surface area contributed by atoms with Crippen LogP contribution in [-0.2, 0) is 10.0 Å². The molecule has 1 aromatic heterocycles. The molecule has 1 aromatic carbocycles. The Hall–Kier alpha value is -1.47. The van der Waals surface area contributed by atoms with Crippen LogP contribution in [0.4, 0.5) is 10.2 Å². The Labute approximate surface area is 112 Å². The zero-order valence-electron chi connectivity index (χ0n) is 8.97. The van der Waals surface area contributed by atoms with Gasteiger partial charge in [0.1, 0.15) is 5.82 Å². The zero-order chi connectivity index (χ0) is 13.2. The van der Waals surface area contributed by atoms with E-state index in [2.05, 4.69) is 25.6 Å². The van der Waals surface area contributed by atoms with Gasteiger partial charge in [-0.3, -0.25) is 4.72 Å². The SMILES string of the molecule is O=S(=O)(Nc1ncccc1Br)c1ccc(F)cc1. The van der Waals surface area contributed by atoms with E-state index in [-0.39, 0.29) is 10.7 Å². The van der Waals surface area contributed by atoms with E-state index < -0.39 is 15.8 Å². The Morgan fingerprint density at radius 1 is 1.17 bits per heavy atom. The largest absolute Gasteiger partial charge is 0.263 e. The van der Waals surface area contributed by atoms with E-state index in [9.17, 15) is 12.8 Å². The lowest BCUT2D eigenvalue weighted by Crippen LogP contribution is -2.14. The highest BCUT2D eigenvalue weighted by molar-refractivity contribution is 9.10. The lowest BCUT2D eigenvalue weighted by Gasteiger charge is -2.08. The molecule has 18 heavy (non-hydrogen) atoms. The molecule has 0 saturated carbocycles. The van der Waals surface area contributed by atoms with Gasteiger partial charge in [-0.2, -0.15) is 0 Å². The summed E-state index contributed by atoms with van der Waals surface area (Å²) >= 11 is 3.18. The van der Waals surface area contributed by atoms with E-state index in [4.69, 9.17) is 0 Å². The third-order valence-electron chi connectivity index (χ3n) is 2.11. The van der Waals surface area contributed by atoms with Crippen molar-refractivity contribution >= 4 is 31.8 Å². The fourth-order valence-electron chi connectivity index (χ4n) is 1.26. The first-order chi connectivity index (χ1) is 8.49. The van der Waals surface area contributed by atoms with Gasteiger partial charge in [-0.05, 0) is 52.3 Å². The third-order valence-corrected chi connectivity index (χ3v) is 4.11. The Morgan fingerprint density at radius 2 is 1.83 bits per heavy atom. The van der Waals surface area contributed by atoms with Gasteiger partial charge in [-0.1, -0.05) is 0 Å². The van der Waals surface area contributed by atoms with E-state index in [1.54, 1.807) is 12.1 Å². The van der Waals surface area contributed by atoms with Crippen molar-refractivity contribution in [2.75, 3.05) is 4.72 Å². The summed E-state index contributed by atoms with van der Waals surface area (Å²) in [6.45, 7) is 0. The molecule has 0 aliphatic carbocycles. The average Bonchev–Trinajstić information content (AvgIpc) is 2.32. The number of halogens is 2. The first-order valence-electron chi connectivity index (χ1n) is 4.88. The summed E-state index contributed by atoms with van der Waals surface area (Å²) in [5.74, 6) is -0.310. The molecule has 1 heterocycles. The van der Waals surface area contributed by atoms with Gasteiger partial charge in [0.25, 0.3) is 10.0 Å². The van der Waals surface area contributed by atoms with Crippen LogP contribution in [0.5, 0.6) is 0 Å². The van der Waals surface area contributed by atoms with Crippen molar-refractivity contribution in [1.29, 1.82) is 0 Å². The van der Waals surface area contributed by atoms with E-state index in [0.29, 0.717) is 4.47 Å². The maximum Gasteiger partial charge on any atom is 0.263 e. The molecule has 7 heteroatoms. The summed E-state index contributed by atoms with van der Waals surface area (Å²) in [5, 5.41) is 0. The second-order valence-corrected chi connectivity index (χ2v) is 5.93. The van der Waals surface area contributed by atoms with Crippen LogP contribution in [-0.4, -0.2) is 13.4 Å². The topological polar surface area (TPSA) is 59.1 Å². The van der Waals surface area contributed by atoms with E-state index in [1.807, 2.05) is 0 Å². The number of hydrogen-bond acceptors (Lipinski definition) is 3. The standard InChI is InChI=1S/C11H8BrFN2O2S/c12-10-2-1-7-14-11(10)15-18(16,17)9-5-3-8(13)4-6-9/h1-7H,(H,14,15). The quantitative estimate of drug-likeness (QED) is 0.941. The van der Waals surface area contributed by atoms with Crippen LogP contribution in [0.25, 0.3) is 0 Å². The van der Waals surface area contributed by atoms with Gasteiger partial charge in [-0.15, -0.1) is 0 Å².